The van der Waals surface area contributed by atoms with Gasteiger partial charge in [0.25, 0.3) is 0 Å². The molecule has 0 amide bonds. The van der Waals surface area contributed by atoms with Gasteiger partial charge in [-0.1, -0.05) is 46.4 Å². The topological polar surface area (TPSA) is 15.6 Å². The van der Waals surface area contributed by atoms with Gasteiger partial charge in [0.1, 0.15) is 5.84 Å². The molecule has 0 aromatic heterocycles. The number of aliphatic imine (C=N–C) groups is 1. The SMILES string of the molecule is CC.CC.[B]C1(C)CCCC2=C(CC(=NC)N2C)C1. The fraction of sp³-hybridized carbons (Fsp3) is 0.812. The van der Waals surface area contributed by atoms with Crippen LogP contribution < -0.4 is 0 Å². The van der Waals surface area contributed by atoms with E-state index in [0.29, 0.717) is 0 Å². The van der Waals surface area contributed by atoms with Crippen molar-refractivity contribution in [1.82, 2.24) is 4.90 Å². The molecule has 1 heterocycles. The van der Waals surface area contributed by atoms with Crippen LogP contribution in [0.15, 0.2) is 16.3 Å². The zero-order valence-corrected chi connectivity index (χ0v) is 14.0. The Bertz CT molecular complexity index is 330. The van der Waals surface area contributed by atoms with Crippen LogP contribution in [0.2, 0.25) is 5.31 Å². The van der Waals surface area contributed by atoms with E-state index in [0.717, 1.165) is 25.7 Å². The minimum atomic E-state index is -0.0128. The fourth-order valence-electron chi connectivity index (χ4n) is 2.78. The predicted molar refractivity (Wildman–Crippen MR) is 88.1 cm³/mol. The maximum atomic E-state index is 6.27. The van der Waals surface area contributed by atoms with Crippen molar-refractivity contribution in [1.29, 1.82) is 0 Å². The molecule has 2 nitrogen and oxygen atoms in total. The van der Waals surface area contributed by atoms with Gasteiger partial charge in [-0.05, 0) is 24.8 Å². The highest BCUT2D eigenvalue weighted by Gasteiger charge is 2.31. The molecule has 108 valence electrons. The lowest BCUT2D eigenvalue weighted by molar-refractivity contribution is 0.529. The third-order valence-corrected chi connectivity index (χ3v) is 3.61. The summed E-state index contributed by atoms with van der Waals surface area (Å²) in [5.74, 6) is 1.19. The van der Waals surface area contributed by atoms with E-state index in [1.165, 1.54) is 23.5 Å². The summed E-state index contributed by atoms with van der Waals surface area (Å²) in [6, 6.07) is 0. The second-order valence-corrected chi connectivity index (χ2v) is 5.11. The molecule has 0 saturated carbocycles. The number of hydrogen-bond acceptors (Lipinski definition) is 1. The van der Waals surface area contributed by atoms with Gasteiger partial charge in [-0.3, -0.25) is 4.99 Å². The molecule has 0 spiro atoms. The highest BCUT2D eigenvalue weighted by atomic mass is 15.2. The van der Waals surface area contributed by atoms with Gasteiger partial charge < -0.3 is 4.90 Å². The molecule has 3 heteroatoms. The Balaban J connectivity index is 0.000000741. The van der Waals surface area contributed by atoms with Crippen LogP contribution in [0.1, 0.15) is 66.7 Å². The lowest BCUT2D eigenvalue weighted by Crippen LogP contribution is -2.20. The van der Waals surface area contributed by atoms with Crippen molar-refractivity contribution in [3.8, 4) is 0 Å². The largest absolute Gasteiger partial charge is 0.337 e. The average molecular weight is 262 g/mol. The summed E-state index contributed by atoms with van der Waals surface area (Å²) in [4.78, 5) is 6.59. The minimum Gasteiger partial charge on any atom is -0.337 e. The van der Waals surface area contributed by atoms with Crippen molar-refractivity contribution in [3.63, 3.8) is 0 Å². The maximum absolute atomic E-state index is 6.27. The van der Waals surface area contributed by atoms with E-state index in [9.17, 15) is 0 Å². The van der Waals surface area contributed by atoms with Crippen LogP contribution in [0.4, 0.5) is 0 Å². The Hall–Kier alpha value is -0.725. The van der Waals surface area contributed by atoms with E-state index in [4.69, 9.17) is 7.85 Å². The second-order valence-electron chi connectivity index (χ2n) is 5.11. The van der Waals surface area contributed by atoms with Crippen molar-refractivity contribution in [2.75, 3.05) is 14.1 Å². The summed E-state index contributed by atoms with van der Waals surface area (Å²) in [6.07, 6.45) is 5.54. The predicted octanol–water partition coefficient (Wildman–Crippen LogP) is 4.58. The third-order valence-electron chi connectivity index (χ3n) is 3.61. The molecule has 1 unspecified atom stereocenters. The Morgan fingerprint density at radius 2 is 1.79 bits per heavy atom. The molecule has 2 rings (SSSR count). The van der Waals surface area contributed by atoms with Gasteiger partial charge in [0, 0.05) is 26.2 Å². The van der Waals surface area contributed by atoms with Crippen LogP contribution in [0, 0.1) is 0 Å². The molecule has 0 aromatic rings. The average Bonchev–Trinajstić information content (AvgIpc) is 2.61. The Morgan fingerprint density at radius 3 is 2.32 bits per heavy atom. The van der Waals surface area contributed by atoms with E-state index in [1.807, 2.05) is 34.7 Å². The van der Waals surface area contributed by atoms with Crippen LogP contribution in [0.25, 0.3) is 0 Å². The van der Waals surface area contributed by atoms with Gasteiger partial charge in [-0.2, -0.15) is 0 Å². The van der Waals surface area contributed by atoms with Gasteiger partial charge in [0.05, 0.1) is 7.85 Å². The third kappa shape index (κ3) is 4.70. The summed E-state index contributed by atoms with van der Waals surface area (Å²) in [6.45, 7) is 10.2. The van der Waals surface area contributed by atoms with E-state index in [1.54, 1.807) is 0 Å². The quantitative estimate of drug-likeness (QED) is 0.583. The molecule has 0 aromatic carbocycles. The van der Waals surface area contributed by atoms with Crippen molar-refractivity contribution in [2.45, 2.75) is 72.0 Å². The van der Waals surface area contributed by atoms with E-state index < -0.39 is 0 Å². The first kappa shape index (κ1) is 18.3. The number of allylic oxidation sites excluding steroid dienone is 1. The molecular formula is C16H31BN2. The summed E-state index contributed by atoms with van der Waals surface area (Å²) in [5, 5.41) is -0.0128. The van der Waals surface area contributed by atoms with Gasteiger partial charge in [-0.15, -0.1) is 0 Å². The molecule has 0 bridgehead atoms. The molecule has 1 aliphatic heterocycles. The van der Waals surface area contributed by atoms with Crippen LogP contribution in [0.5, 0.6) is 0 Å². The lowest BCUT2D eigenvalue weighted by Gasteiger charge is -2.23. The molecule has 2 radical (unpaired) electrons. The zero-order valence-electron chi connectivity index (χ0n) is 14.0. The van der Waals surface area contributed by atoms with Crippen LogP contribution in [-0.2, 0) is 0 Å². The number of nitrogens with zero attached hydrogens (tertiary/aromatic N) is 2. The fourth-order valence-corrected chi connectivity index (χ4v) is 2.78. The second kappa shape index (κ2) is 8.45. The molecule has 19 heavy (non-hydrogen) atoms. The number of hydrogen-bond donors (Lipinski definition) is 0. The Labute approximate surface area is 121 Å². The molecule has 0 fully saturated rings. The summed E-state index contributed by atoms with van der Waals surface area (Å²) in [5.41, 5.74) is 2.99. The smallest absolute Gasteiger partial charge is 0.107 e. The van der Waals surface area contributed by atoms with Gasteiger partial charge >= 0.3 is 0 Å². The number of amidine groups is 1. The monoisotopic (exact) mass is 262 g/mol. The summed E-state index contributed by atoms with van der Waals surface area (Å²) >= 11 is 0. The van der Waals surface area contributed by atoms with E-state index >= 15 is 0 Å². The highest BCUT2D eigenvalue weighted by Crippen LogP contribution is 2.44. The minimum absolute atomic E-state index is 0.0128. The van der Waals surface area contributed by atoms with E-state index in [-0.39, 0.29) is 5.31 Å². The number of rotatable bonds is 0. The van der Waals surface area contributed by atoms with Crippen LogP contribution in [-0.4, -0.2) is 32.7 Å². The zero-order chi connectivity index (χ0) is 15.1. The molecular weight excluding hydrogens is 231 g/mol. The van der Waals surface area contributed by atoms with Crippen molar-refractivity contribution in [2.24, 2.45) is 4.99 Å². The first-order valence-electron chi connectivity index (χ1n) is 7.73. The van der Waals surface area contributed by atoms with Crippen molar-refractivity contribution < 1.29 is 0 Å². The van der Waals surface area contributed by atoms with E-state index in [2.05, 4.69) is 23.9 Å². The van der Waals surface area contributed by atoms with Gasteiger partial charge in [0.15, 0.2) is 0 Å². The molecule has 1 aliphatic carbocycles. The van der Waals surface area contributed by atoms with Crippen LogP contribution in [0.3, 0.4) is 0 Å². The lowest BCUT2D eigenvalue weighted by atomic mass is 9.64. The molecule has 0 saturated heterocycles. The maximum Gasteiger partial charge on any atom is 0.107 e. The molecule has 2 aliphatic rings. The Kier molecular flexibility index (Phi) is 8.12. The van der Waals surface area contributed by atoms with Crippen molar-refractivity contribution >= 4 is 13.7 Å². The first-order chi connectivity index (χ1) is 9.03. The summed E-state index contributed by atoms with van der Waals surface area (Å²) in [7, 11) is 10.3. The highest BCUT2D eigenvalue weighted by molar-refractivity contribution is 6.15. The molecule has 1 atom stereocenters. The van der Waals surface area contributed by atoms with Crippen LogP contribution >= 0.6 is 0 Å². The standard InChI is InChI=1S/C12H19BN2.2C2H6/c1-12(13)6-4-5-10-9(8-12)7-11(14-2)15(10)3;2*1-2/h4-8H2,1-3H3;2*1-2H3. The van der Waals surface area contributed by atoms with Crippen molar-refractivity contribution in [3.05, 3.63) is 11.3 Å². The first-order valence-corrected chi connectivity index (χ1v) is 7.73. The van der Waals surface area contributed by atoms with Gasteiger partial charge in [0.2, 0.25) is 0 Å². The summed E-state index contributed by atoms with van der Waals surface area (Å²) < 4.78 is 0. The van der Waals surface area contributed by atoms with Gasteiger partial charge in [-0.25, -0.2) is 0 Å². The molecule has 0 N–H and O–H groups in total. The Morgan fingerprint density at radius 1 is 1.21 bits per heavy atom. The normalized spacial score (nSPS) is 27.9.